The average Bonchev–Trinajstić information content (AvgIpc) is 2.15. The lowest BCUT2D eigenvalue weighted by atomic mass is 10.1. The van der Waals surface area contributed by atoms with E-state index in [1.807, 2.05) is 25.1 Å². The second kappa shape index (κ2) is 4.93. The van der Waals surface area contributed by atoms with Gasteiger partial charge >= 0.3 is 0 Å². The highest BCUT2D eigenvalue weighted by Gasteiger charge is 2.04. The summed E-state index contributed by atoms with van der Waals surface area (Å²) in [4.78, 5) is 0. The molecule has 0 fully saturated rings. The predicted molar refractivity (Wildman–Crippen MR) is 56.4 cm³/mol. The Balaban J connectivity index is 2.93. The van der Waals surface area contributed by atoms with Crippen LogP contribution >= 0.6 is 11.6 Å². The van der Waals surface area contributed by atoms with Gasteiger partial charge in [-0.1, -0.05) is 30.9 Å². The summed E-state index contributed by atoms with van der Waals surface area (Å²) in [5.41, 5.74) is 2.14. The van der Waals surface area contributed by atoms with Crippen LogP contribution in [0.1, 0.15) is 11.1 Å². The largest absolute Gasteiger partial charge is 0.489 e. The second-order valence-electron chi connectivity index (χ2n) is 2.80. The first-order valence-corrected chi connectivity index (χ1v) is 4.71. The summed E-state index contributed by atoms with van der Waals surface area (Å²) in [6.45, 7) is 6.13. The minimum absolute atomic E-state index is 0.480. The molecule has 0 saturated heterocycles. The van der Waals surface area contributed by atoms with Gasteiger partial charge in [0, 0.05) is 5.56 Å². The molecule has 0 aliphatic carbocycles. The third-order valence-corrected chi connectivity index (χ3v) is 2.07. The van der Waals surface area contributed by atoms with E-state index in [4.69, 9.17) is 16.3 Å². The Morgan fingerprint density at radius 2 is 2.31 bits per heavy atom. The van der Waals surface area contributed by atoms with Gasteiger partial charge in [0.25, 0.3) is 0 Å². The Bertz CT molecular complexity index is 294. The molecule has 1 aromatic rings. The van der Waals surface area contributed by atoms with Gasteiger partial charge in [-0.2, -0.15) is 0 Å². The van der Waals surface area contributed by atoms with Gasteiger partial charge in [0.15, 0.2) is 0 Å². The summed E-state index contributed by atoms with van der Waals surface area (Å²) in [6, 6.07) is 5.96. The van der Waals surface area contributed by atoms with E-state index in [1.165, 1.54) is 0 Å². The van der Waals surface area contributed by atoms with Crippen molar-refractivity contribution in [3.63, 3.8) is 0 Å². The van der Waals surface area contributed by atoms with Crippen molar-refractivity contribution < 1.29 is 4.74 Å². The molecule has 13 heavy (non-hydrogen) atoms. The monoisotopic (exact) mass is 196 g/mol. The number of alkyl halides is 1. The molecule has 0 unspecified atom stereocenters. The number of para-hydroxylation sites is 1. The van der Waals surface area contributed by atoms with Crippen LogP contribution in [0.4, 0.5) is 0 Å². The molecule has 0 spiro atoms. The summed E-state index contributed by atoms with van der Waals surface area (Å²) in [7, 11) is 0. The summed E-state index contributed by atoms with van der Waals surface area (Å²) >= 11 is 5.78. The molecule has 0 N–H and O–H groups in total. The van der Waals surface area contributed by atoms with Crippen LogP contribution in [-0.2, 0) is 5.88 Å². The molecule has 2 heteroatoms. The van der Waals surface area contributed by atoms with E-state index in [2.05, 4.69) is 6.58 Å². The molecule has 0 aliphatic heterocycles. The van der Waals surface area contributed by atoms with E-state index in [1.54, 1.807) is 6.08 Å². The lowest BCUT2D eigenvalue weighted by molar-refractivity contribution is 0.357. The fourth-order valence-corrected chi connectivity index (χ4v) is 1.38. The minimum atomic E-state index is 0.480. The van der Waals surface area contributed by atoms with Crippen LogP contribution in [0, 0.1) is 6.92 Å². The number of hydrogen-bond acceptors (Lipinski definition) is 1. The van der Waals surface area contributed by atoms with Gasteiger partial charge in [0.05, 0.1) is 5.88 Å². The summed E-state index contributed by atoms with van der Waals surface area (Å²) in [6.07, 6.45) is 1.73. The Kier molecular flexibility index (Phi) is 3.84. The molecular weight excluding hydrogens is 184 g/mol. The molecule has 0 heterocycles. The van der Waals surface area contributed by atoms with Gasteiger partial charge in [-0.25, -0.2) is 0 Å². The van der Waals surface area contributed by atoms with Gasteiger partial charge in [-0.3, -0.25) is 0 Å². The Morgan fingerprint density at radius 1 is 1.54 bits per heavy atom. The molecule has 1 rings (SSSR count). The number of benzene rings is 1. The molecule has 0 aliphatic rings. The van der Waals surface area contributed by atoms with E-state index in [9.17, 15) is 0 Å². The Labute approximate surface area is 84.0 Å². The van der Waals surface area contributed by atoms with Crippen LogP contribution in [0.2, 0.25) is 0 Å². The maximum absolute atomic E-state index is 5.78. The summed E-state index contributed by atoms with van der Waals surface area (Å²) in [5, 5.41) is 0. The predicted octanol–water partition coefficient (Wildman–Crippen LogP) is 3.30. The summed E-state index contributed by atoms with van der Waals surface area (Å²) in [5.74, 6) is 1.37. The maximum Gasteiger partial charge on any atom is 0.127 e. The third kappa shape index (κ3) is 2.49. The molecule has 1 nitrogen and oxygen atoms in total. The molecule has 0 aromatic heterocycles. The van der Waals surface area contributed by atoms with Crippen LogP contribution < -0.4 is 4.74 Å². The highest BCUT2D eigenvalue weighted by Crippen LogP contribution is 2.24. The lowest BCUT2D eigenvalue weighted by Gasteiger charge is -2.10. The quantitative estimate of drug-likeness (QED) is 0.531. The highest BCUT2D eigenvalue weighted by molar-refractivity contribution is 6.17. The first-order valence-electron chi connectivity index (χ1n) is 4.17. The number of aryl methyl sites for hydroxylation is 1. The third-order valence-electron chi connectivity index (χ3n) is 1.78. The van der Waals surface area contributed by atoms with Gasteiger partial charge in [-0.05, 0) is 12.5 Å². The van der Waals surface area contributed by atoms with E-state index in [0.717, 1.165) is 16.9 Å². The molecule has 0 saturated carbocycles. The van der Waals surface area contributed by atoms with Crippen LogP contribution in [0.25, 0.3) is 0 Å². The van der Waals surface area contributed by atoms with Crippen molar-refractivity contribution in [2.75, 3.05) is 6.61 Å². The van der Waals surface area contributed by atoms with Crippen molar-refractivity contribution in [3.05, 3.63) is 42.0 Å². The minimum Gasteiger partial charge on any atom is -0.489 e. The molecule has 1 aromatic carbocycles. The Hall–Kier alpha value is -0.950. The SMILES string of the molecule is C=CCOc1c(C)cccc1CCl. The molecular formula is C11H13ClO. The van der Waals surface area contributed by atoms with E-state index in [0.29, 0.717) is 12.5 Å². The first-order chi connectivity index (χ1) is 6.29. The van der Waals surface area contributed by atoms with E-state index in [-0.39, 0.29) is 0 Å². The standard InChI is InChI=1S/C11H13ClO/c1-3-7-13-11-9(2)5-4-6-10(11)8-12/h3-6H,1,7-8H2,2H3. The van der Waals surface area contributed by atoms with Crippen LogP contribution in [0.3, 0.4) is 0 Å². The van der Waals surface area contributed by atoms with Crippen molar-refractivity contribution >= 4 is 11.6 Å². The van der Waals surface area contributed by atoms with E-state index < -0.39 is 0 Å². The maximum atomic E-state index is 5.78. The smallest absolute Gasteiger partial charge is 0.127 e. The topological polar surface area (TPSA) is 9.23 Å². The molecule has 0 amide bonds. The van der Waals surface area contributed by atoms with Crippen molar-refractivity contribution in [3.8, 4) is 5.75 Å². The second-order valence-corrected chi connectivity index (χ2v) is 3.06. The highest BCUT2D eigenvalue weighted by atomic mass is 35.5. The fourth-order valence-electron chi connectivity index (χ4n) is 1.17. The molecule has 0 bridgehead atoms. The summed E-state index contributed by atoms with van der Waals surface area (Å²) < 4.78 is 5.51. The van der Waals surface area contributed by atoms with Crippen LogP contribution in [0.15, 0.2) is 30.9 Å². The number of halogens is 1. The van der Waals surface area contributed by atoms with Gasteiger partial charge in [-0.15, -0.1) is 11.6 Å². The van der Waals surface area contributed by atoms with E-state index >= 15 is 0 Å². The normalized spacial score (nSPS) is 9.69. The average molecular weight is 197 g/mol. The van der Waals surface area contributed by atoms with Crippen molar-refractivity contribution in [1.29, 1.82) is 0 Å². The fraction of sp³-hybridized carbons (Fsp3) is 0.273. The van der Waals surface area contributed by atoms with Crippen LogP contribution in [-0.4, -0.2) is 6.61 Å². The molecule has 0 atom stereocenters. The van der Waals surface area contributed by atoms with Crippen molar-refractivity contribution in [2.24, 2.45) is 0 Å². The lowest BCUT2D eigenvalue weighted by Crippen LogP contribution is -1.98. The van der Waals surface area contributed by atoms with Crippen molar-refractivity contribution in [1.82, 2.24) is 0 Å². The zero-order chi connectivity index (χ0) is 9.68. The number of hydrogen-bond donors (Lipinski definition) is 0. The van der Waals surface area contributed by atoms with Crippen molar-refractivity contribution in [2.45, 2.75) is 12.8 Å². The van der Waals surface area contributed by atoms with Gasteiger partial charge < -0.3 is 4.74 Å². The first kappa shape index (κ1) is 10.1. The van der Waals surface area contributed by atoms with Gasteiger partial charge in [0.1, 0.15) is 12.4 Å². The molecule has 70 valence electrons. The van der Waals surface area contributed by atoms with Gasteiger partial charge in [0.2, 0.25) is 0 Å². The number of ether oxygens (including phenoxy) is 1. The Morgan fingerprint density at radius 3 is 2.92 bits per heavy atom. The zero-order valence-electron chi connectivity index (χ0n) is 7.72. The molecule has 0 radical (unpaired) electrons. The zero-order valence-corrected chi connectivity index (χ0v) is 8.47. The van der Waals surface area contributed by atoms with Crippen LogP contribution in [0.5, 0.6) is 5.75 Å². The number of rotatable bonds is 4.